The van der Waals surface area contributed by atoms with Gasteiger partial charge < -0.3 is 80.9 Å². The van der Waals surface area contributed by atoms with E-state index in [1.165, 1.54) is 0 Å². The molecule has 0 aromatic heterocycles. The molecule has 5 aliphatic heterocycles. The summed E-state index contributed by atoms with van der Waals surface area (Å²) in [5.41, 5.74) is 30.1. The van der Waals surface area contributed by atoms with Gasteiger partial charge in [-0.1, -0.05) is 95.4 Å². The van der Waals surface area contributed by atoms with E-state index in [2.05, 4.69) is 34.3 Å². The molecule has 6 N–H and O–H groups in total. The fraction of sp³-hybridized carbons (Fsp3) is 0.982. The second-order valence-corrected chi connectivity index (χ2v) is 30.3. The SMILES string of the molecule is CCCCOC1C(OCCCC)[C@H](O[C@H]2O[C@@H](COS(=O)(=O)O)[C@@H](OCCCC)C(OCCCC)C2N=[N+]=[N-])[C@H](C(=O)O)O[C@H]1O[C@@H]1C(COS(=O)(=O)O)O[C@H](O[C@@H]2C3O[C@@H](O[C@@H]4C(COS(=O)(=O)O)O[C@H](OC)C(N=[N+]=[N-])[C@H]4OCCCC)[C@@H](OS(=O)(=O)O)C3[C@H]2OCCCC)C(N=[N+]=[N-])[C@H]1OS(=O)(=O)O. The van der Waals surface area contributed by atoms with Gasteiger partial charge in [0.1, 0.15) is 91.4 Å². The average molecular weight is 1650 g/mol. The fourth-order valence-electron chi connectivity index (χ4n) is 12.4. The molecular weight excluding hydrogens is 1550 g/mol. The van der Waals surface area contributed by atoms with Crippen molar-refractivity contribution < 1.29 is 171 Å². The number of hydrogen-bond acceptors (Lipinski definition) is 35. The van der Waals surface area contributed by atoms with Gasteiger partial charge in [0.2, 0.25) is 0 Å². The zero-order chi connectivity index (χ0) is 79.0. The van der Waals surface area contributed by atoms with E-state index in [0.717, 1.165) is 7.11 Å². The number of ether oxygens (including phenoxy) is 16. The number of hydrogen-bond donors (Lipinski definition) is 6. The van der Waals surface area contributed by atoms with Crippen LogP contribution >= 0.6 is 0 Å². The highest BCUT2D eigenvalue weighted by molar-refractivity contribution is 7.81. The van der Waals surface area contributed by atoms with E-state index in [1.54, 1.807) is 27.7 Å². The third kappa shape index (κ3) is 27.4. The molecule has 0 aromatic carbocycles. The molecule has 1 aliphatic carbocycles. The number of methoxy groups -OCH3 is 1. The number of carboxylic acid groups (broad SMARTS) is 1. The summed E-state index contributed by atoms with van der Waals surface area (Å²) in [5.74, 6) is -3.39. The molecule has 618 valence electrons. The first-order valence-corrected chi connectivity index (χ1v) is 41.1. The van der Waals surface area contributed by atoms with Crippen LogP contribution in [0.1, 0.15) is 119 Å². The van der Waals surface area contributed by atoms with Crippen LogP contribution in [0.25, 0.3) is 31.3 Å². The number of carbonyl (C=O) groups is 1. The molecule has 5 saturated heterocycles. The van der Waals surface area contributed by atoms with E-state index in [9.17, 15) is 91.3 Å². The van der Waals surface area contributed by atoms with Crippen LogP contribution in [0.5, 0.6) is 0 Å². The normalized spacial score (nSPS) is 34.9. The molecule has 0 amide bonds. The van der Waals surface area contributed by atoms with Gasteiger partial charge in [-0.25, -0.2) is 25.7 Å². The van der Waals surface area contributed by atoms with Crippen molar-refractivity contribution in [2.45, 2.75) is 272 Å². The first kappa shape index (κ1) is 92.0. The van der Waals surface area contributed by atoms with Gasteiger partial charge in [0.05, 0.1) is 44.2 Å². The molecule has 6 rings (SSSR count). The summed E-state index contributed by atoms with van der Waals surface area (Å²) in [6, 6.07) is -5.54. The number of rotatable bonds is 50. The molecule has 0 spiro atoms. The van der Waals surface area contributed by atoms with Crippen molar-refractivity contribution in [3.8, 4) is 0 Å². The molecule has 10 unspecified atom stereocenters. The molecule has 5 heterocycles. The molecule has 6 fully saturated rings. The van der Waals surface area contributed by atoms with Crippen LogP contribution in [0.2, 0.25) is 0 Å². The highest BCUT2D eigenvalue weighted by Gasteiger charge is 2.68. The fourth-order valence-corrected chi connectivity index (χ4v) is 14.4. The Labute approximate surface area is 617 Å². The number of fused-ring (bicyclic) bond motifs is 1. The van der Waals surface area contributed by atoms with Gasteiger partial charge in [-0.05, 0) is 55.1 Å². The summed E-state index contributed by atoms with van der Waals surface area (Å²) in [5, 5.41) is 22.6. The molecule has 0 aromatic rings. The monoisotopic (exact) mass is 1650 g/mol. The number of unbranched alkanes of at least 4 members (excludes halogenated alkanes) is 6. The van der Waals surface area contributed by atoms with Crippen LogP contribution in [-0.2, 0) is 153 Å². The van der Waals surface area contributed by atoms with E-state index in [1.807, 2.05) is 13.8 Å². The maximum Gasteiger partial charge on any atom is 0.397 e. The van der Waals surface area contributed by atoms with Gasteiger partial charge in [0.15, 0.2) is 37.6 Å². The van der Waals surface area contributed by atoms with Crippen LogP contribution in [0, 0.1) is 5.92 Å². The summed E-state index contributed by atoms with van der Waals surface area (Å²) < 4.78 is 300. The Morgan fingerprint density at radius 1 is 0.374 bits per heavy atom. The smallest absolute Gasteiger partial charge is 0.397 e. The number of carboxylic acids is 1. The van der Waals surface area contributed by atoms with Crippen molar-refractivity contribution in [3.63, 3.8) is 0 Å². The summed E-state index contributed by atoms with van der Waals surface area (Å²) in [6.07, 6.45) is -37.6. The molecule has 26 atom stereocenters. The van der Waals surface area contributed by atoms with Crippen molar-refractivity contribution in [1.29, 1.82) is 0 Å². The van der Waals surface area contributed by atoms with E-state index >= 15 is 0 Å². The molecule has 107 heavy (non-hydrogen) atoms. The Morgan fingerprint density at radius 3 is 1.10 bits per heavy atom. The first-order chi connectivity index (χ1) is 50.6. The maximum atomic E-state index is 13.9. The van der Waals surface area contributed by atoms with Crippen LogP contribution in [0.3, 0.4) is 0 Å². The second kappa shape index (κ2) is 43.4. The maximum absolute atomic E-state index is 13.9. The van der Waals surface area contributed by atoms with Crippen LogP contribution in [0.4, 0.5) is 0 Å². The Bertz CT molecular complexity index is 3520. The number of nitrogens with zero attached hydrogens (tertiary/aromatic N) is 9. The third-order valence-electron chi connectivity index (χ3n) is 17.3. The van der Waals surface area contributed by atoms with Crippen molar-refractivity contribution in [3.05, 3.63) is 31.3 Å². The zero-order valence-electron chi connectivity index (χ0n) is 59.2. The van der Waals surface area contributed by atoms with E-state index in [4.69, 9.17) is 92.5 Å². The van der Waals surface area contributed by atoms with Crippen molar-refractivity contribution in [2.75, 3.05) is 66.6 Å². The van der Waals surface area contributed by atoms with E-state index < -0.39 is 237 Å². The Morgan fingerprint density at radius 2 is 0.701 bits per heavy atom. The van der Waals surface area contributed by atoms with Gasteiger partial charge >= 0.3 is 58.0 Å². The standard InChI is InChI=1S/C55H95N9O38S5/c1-8-14-20-83-36-29(26-89-103(67,68)69)93-52(34(60-63-57)42(36)85-22-16-10-3)99-47-45(87-24-18-12-5)49(88-25-19-13-6)55(100-48(47)50(65)66)96-38-31(28-91-105(73,74)75)94-53(35(61-64-58)44(38)102-107(79,80)81)98-46-39(84-21-15-9-2)32-40(46)97-54(41(32)101-106(76,77)78)95-37-30(27-90-104(70,71)72)92-51(82-7)33(59-62-56)43(37)86-23-17-11-4/h29-49,51-55H,8-28H2,1-7H3,(H,65,66)(H,67,68,69)(H,70,71,72)(H,73,74,75)(H,76,77,78)(H,79,80,81)/t29-,30?,31?,32?,33?,34?,35?,36+,37+,38+,39+,40?,41-,42?,43+,44+,45?,46-,47-,48+,49?,51-,52+,53+,54+,55+/m0/s1. The zero-order valence-corrected chi connectivity index (χ0v) is 63.3. The molecule has 6 aliphatic rings. The quantitative estimate of drug-likeness (QED) is 0.0167. The summed E-state index contributed by atoms with van der Waals surface area (Å²) in [7, 11) is -26.5. The lowest BCUT2D eigenvalue weighted by Gasteiger charge is -2.52. The highest BCUT2D eigenvalue weighted by Crippen LogP contribution is 2.50. The Hall–Kier alpha value is -3.89. The predicted octanol–water partition coefficient (Wildman–Crippen LogP) is 3.50. The lowest BCUT2D eigenvalue weighted by Crippen LogP contribution is -2.69. The van der Waals surface area contributed by atoms with Crippen molar-refractivity contribution in [1.82, 2.24) is 0 Å². The van der Waals surface area contributed by atoms with Gasteiger partial charge in [0, 0.05) is 67.4 Å². The molecule has 1 saturated carbocycles. The van der Waals surface area contributed by atoms with Gasteiger partial charge in [-0.15, -0.1) is 0 Å². The predicted molar refractivity (Wildman–Crippen MR) is 353 cm³/mol. The van der Waals surface area contributed by atoms with E-state index in [-0.39, 0.29) is 58.9 Å². The lowest BCUT2D eigenvalue weighted by molar-refractivity contribution is -0.374. The summed E-state index contributed by atoms with van der Waals surface area (Å²) in [4.78, 5) is 22.6. The molecule has 47 nitrogen and oxygen atoms in total. The molecular formula is C55H95N9O38S5. The van der Waals surface area contributed by atoms with Crippen LogP contribution in [-0.4, -0.2) is 296 Å². The van der Waals surface area contributed by atoms with Gasteiger partial charge in [-0.3, -0.25) is 22.8 Å². The van der Waals surface area contributed by atoms with E-state index in [0.29, 0.717) is 57.8 Å². The second-order valence-electron chi connectivity index (χ2n) is 24.9. The molecule has 0 bridgehead atoms. The summed E-state index contributed by atoms with van der Waals surface area (Å²) in [6.45, 7) is 6.22. The van der Waals surface area contributed by atoms with Gasteiger partial charge in [0.25, 0.3) is 0 Å². The van der Waals surface area contributed by atoms with Crippen molar-refractivity contribution >= 4 is 58.0 Å². The number of azide groups is 3. The summed E-state index contributed by atoms with van der Waals surface area (Å²) >= 11 is 0. The number of aliphatic carboxylic acids is 1. The Balaban J connectivity index is 1.48. The Kier molecular flexibility index (Phi) is 37.3. The largest absolute Gasteiger partial charge is 0.479 e. The minimum Gasteiger partial charge on any atom is -0.479 e. The minimum atomic E-state index is -5.93. The average Bonchev–Trinajstić information content (AvgIpc) is 1.59. The van der Waals surface area contributed by atoms with Crippen LogP contribution < -0.4 is 0 Å². The third-order valence-corrected chi connectivity index (χ3v) is 19.6. The molecule has 0 radical (unpaired) electrons. The topological polar surface area (TPSA) is 649 Å². The minimum absolute atomic E-state index is 0.000451. The lowest BCUT2D eigenvalue weighted by atomic mass is 9.73. The highest BCUT2D eigenvalue weighted by atomic mass is 32.3. The van der Waals surface area contributed by atoms with Gasteiger partial charge in [-0.2, -0.15) is 42.1 Å². The first-order valence-electron chi connectivity index (χ1n) is 34.3. The molecule has 52 heteroatoms. The van der Waals surface area contributed by atoms with Crippen molar-refractivity contribution in [2.24, 2.45) is 21.3 Å². The van der Waals surface area contributed by atoms with Crippen LogP contribution in [0.15, 0.2) is 15.3 Å².